The third-order valence-electron chi connectivity index (χ3n) is 4.08. The number of nitrogens with zero attached hydrogens (tertiary/aromatic N) is 2. The summed E-state index contributed by atoms with van der Waals surface area (Å²) in [7, 11) is 2.90. The summed E-state index contributed by atoms with van der Waals surface area (Å²) in [5.41, 5.74) is 1.35. The molecule has 8 nitrogen and oxygen atoms in total. The molecule has 1 heterocycles. The second-order valence-electron chi connectivity index (χ2n) is 6.16. The molecule has 1 saturated heterocycles. The standard InChI is InChI=1S/C21H18N2O6S/c1-23-19(25)17(10-13-6-8-16(9-7-13)29-12-18(24)28-2)30-21(23)22-15-5-3-4-14(11-15)20(26)27/h3-11H,12H2,1-2H3,(H,26,27)/b17-10+,22-21?. The van der Waals surface area contributed by atoms with E-state index in [4.69, 9.17) is 9.84 Å². The van der Waals surface area contributed by atoms with Crippen LogP contribution in [0.5, 0.6) is 5.75 Å². The van der Waals surface area contributed by atoms with Gasteiger partial charge in [0.25, 0.3) is 5.91 Å². The van der Waals surface area contributed by atoms with Crippen LogP contribution < -0.4 is 4.74 Å². The highest BCUT2D eigenvalue weighted by Crippen LogP contribution is 2.33. The average molecular weight is 426 g/mol. The first-order chi connectivity index (χ1) is 14.4. The summed E-state index contributed by atoms with van der Waals surface area (Å²) in [5, 5.41) is 9.55. The average Bonchev–Trinajstić information content (AvgIpc) is 3.00. The zero-order chi connectivity index (χ0) is 21.7. The van der Waals surface area contributed by atoms with Crippen molar-refractivity contribution in [3.8, 4) is 5.75 Å². The molecule has 0 atom stereocenters. The molecule has 1 N–H and O–H groups in total. The van der Waals surface area contributed by atoms with E-state index < -0.39 is 11.9 Å². The van der Waals surface area contributed by atoms with E-state index in [0.29, 0.717) is 21.5 Å². The molecule has 2 aromatic rings. The molecule has 1 amide bonds. The first-order valence-electron chi connectivity index (χ1n) is 8.76. The molecule has 9 heteroatoms. The fourth-order valence-electron chi connectivity index (χ4n) is 2.48. The molecule has 0 unspecified atom stereocenters. The predicted molar refractivity (Wildman–Crippen MR) is 113 cm³/mol. The highest BCUT2D eigenvalue weighted by atomic mass is 32.2. The number of carbonyl (C=O) groups is 3. The summed E-state index contributed by atoms with van der Waals surface area (Å²) in [5.74, 6) is -1.22. The normalized spacial score (nSPS) is 16.2. The zero-order valence-electron chi connectivity index (χ0n) is 16.2. The molecule has 0 saturated carbocycles. The number of aliphatic imine (C=N–C) groups is 1. The highest BCUT2D eigenvalue weighted by molar-refractivity contribution is 8.18. The Morgan fingerprint density at radius 1 is 1.20 bits per heavy atom. The Morgan fingerprint density at radius 3 is 2.60 bits per heavy atom. The van der Waals surface area contributed by atoms with E-state index >= 15 is 0 Å². The largest absolute Gasteiger partial charge is 0.482 e. The van der Waals surface area contributed by atoms with Gasteiger partial charge in [0, 0.05) is 7.05 Å². The van der Waals surface area contributed by atoms with Gasteiger partial charge in [-0.25, -0.2) is 14.6 Å². The Kier molecular flexibility index (Phi) is 6.53. The molecule has 0 bridgehead atoms. The van der Waals surface area contributed by atoms with E-state index in [0.717, 1.165) is 5.56 Å². The summed E-state index contributed by atoms with van der Waals surface area (Å²) >= 11 is 1.20. The molecule has 0 radical (unpaired) electrons. The van der Waals surface area contributed by atoms with Gasteiger partial charge in [-0.1, -0.05) is 18.2 Å². The molecular formula is C21H18N2O6S. The third-order valence-corrected chi connectivity index (χ3v) is 5.14. The summed E-state index contributed by atoms with van der Waals surface area (Å²) in [6.07, 6.45) is 1.73. The molecule has 30 heavy (non-hydrogen) atoms. The number of hydrogen-bond acceptors (Lipinski definition) is 7. The lowest BCUT2D eigenvalue weighted by Gasteiger charge is -2.07. The molecule has 2 aromatic carbocycles. The molecule has 0 aromatic heterocycles. The first kappa shape index (κ1) is 21.1. The Morgan fingerprint density at radius 2 is 1.93 bits per heavy atom. The van der Waals surface area contributed by atoms with Gasteiger partial charge in [-0.05, 0) is 53.7 Å². The number of benzene rings is 2. The second-order valence-corrected chi connectivity index (χ2v) is 7.17. The molecule has 1 fully saturated rings. The van der Waals surface area contributed by atoms with Crippen molar-refractivity contribution < 1.29 is 29.0 Å². The summed E-state index contributed by atoms with van der Waals surface area (Å²) in [4.78, 5) is 41.1. The van der Waals surface area contributed by atoms with Gasteiger partial charge in [0.2, 0.25) is 0 Å². The first-order valence-corrected chi connectivity index (χ1v) is 9.58. The van der Waals surface area contributed by atoms with Crippen LogP contribution >= 0.6 is 11.8 Å². The van der Waals surface area contributed by atoms with Crippen LogP contribution in [-0.2, 0) is 14.3 Å². The Hall–Kier alpha value is -3.59. The second kappa shape index (κ2) is 9.27. The van der Waals surface area contributed by atoms with E-state index in [2.05, 4.69) is 9.73 Å². The van der Waals surface area contributed by atoms with Crippen molar-refractivity contribution in [2.45, 2.75) is 0 Å². The topological polar surface area (TPSA) is 106 Å². The monoisotopic (exact) mass is 426 g/mol. The maximum absolute atomic E-state index is 12.5. The molecule has 0 aliphatic carbocycles. The van der Waals surface area contributed by atoms with Crippen LogP contribution in [-0.4, -0.2) is 53.8 Å². The van der Waals surface area contributed by atoms with Crippen LogP contribution in [0.3, 0.4) is 0 Å². The van der Waals surface area contributed by atoms with Crippen LogP contribution in [0.25, 0.3) is 6.08 Å². The Labute approximate surface area is 176 Å². The van der Waals surface area contributed by atoms with Crippen molar-refractivity contribution in [2.24, 2.45) is 4.99 Å². The van der Waals surface area contributed by atoms with E-state index in [-0.39, 0.29) is 18.1 Å². The number of rotatable bonds is 6. The zero-order valence-corrected chi connectivity index (χ0v) is 17.0. The predicted octanol–water partition coefficient (Wildman–Crippen LogP) is 3.17. The van der Waals surface area contributed by atoms with Crippen LogP contribution in [0.1, 0.15) is 15.9 Å². The van der Waals surface area contributed by atoms with E-state index in [1.54, 1.807) is 49.5 Å². The SMILES string of the molecule is COC(=O)COc1ccc(/C=C2/SC(=Nc3cccc(C(=O)O)c3)N(C)C2=O)cc1. The Bertz CT molecular complexity index is 1050. The number of amides is 1. The number of carboxylic acid groups (broad SMARTS) is 1. The van der Waals surface area contributed by atoms with E-state index in [9.17, 15) is 14.4 Å². The lowest BCUT2D eigenvalue weighted by molar-refractivity contribution is -0.142. The van der Waals surface area contributed by atoms with Gasteiger partial charge in [0.1, 0.15) is 5.75 Å². The maximum atomic E-state index is 12.5. The molecule has 3 rings (SSSR count). The van der Waals surface area contributed by atoms with Crippen molar-refractivity contribution in [1.29, 1.82) is 0 Å². The molecule has 0 spiro atoms. The number of ether oxygens (including phenoxy) is 2. The van der Waals surface area contributed by atoms with Gasteiger partial charge in [-0.3, -0.25) is 9.69 Å². The number of carboxylic acids is 1. The summed E-state index contributed by atoms with van der Waals surface area (Å²) in [6, 6.07) is 13.1. The van der Waals surface area contributed by atoms with Gasteiger partial charge in [-0.2, -0.15) is 0 Å². The van der Waals surface area contributed by atoms with E-state index in [1.807, 2.05) is 0 Å². The number of amidine groups is 1. The molecular weight excluding hydrogens is 408 g/mol. The van der Waals surface area contributed by atoms with E-state index in [1.165, 1.54) is 35.9 Å². The van der Waals surface area contributed by atoms with Crippen LogP contribution in [0.2, 0.25) is 0 Å². The van der Waals surface area contributed by atoms with Crippen molar-refractivity contribution >= 4 is 46.5 Å². The minimum atomic E-state index is -1.04. The number of likely N-dealkylation sites (N-methyl/N-ethyl adjacent to an activating group) is 1. The van der Waals surface area contributed by atoms with Crippen LogP contribution in [0.4, 0.5) is 5.69 Å². The Balaban J connectivity index is 1.75. The highest BCUT2D eigenvalue weighted by Gasteiger charge is 2.30. The van der Waals surface area contributed by atoms with Crippen molar-refractivity contribution in [2.75, 3.05) is 20.8 Å². The lowest BCUT2D eigenvalue weighted by Crippen LogP contribution is -2.23. The van der Waals surface area contributed by atoms with Crippen molar-refractivity contribution in [1.82, 2.24) is 4.90 Å². The van der Waals surface area contributed by atoms with Gasteiger partial charge in [0.05, 0.1) is 23.3 Å². The number of hydrogen-bond donors (Lipinski definition) is 1. The van der Waals surface area contributed by atoms with Crippen LogP contribution in [0.15, 0.2) is 58.4 Å². The lowest BCUT2D eigenvalue weighted by atomic mass is 10.2. The maximum Gasteiger partial charge on any atom is 0.343 e. The van der Waals surface area contributed by atoms with Gasteiger partial charge >= 0.3 is 11.9 Å². The van der Waals surface area contributed by atoms with Crippen molar-refractivity contribution in [3.63, 3.8) is 0 Å². The third kappa shape index (κ3) is 5.06. The molecule has 1 aliphatic heterocycles. The van der Waals surface area contributed by atoms with Gasteiger partial charge in [-0.15, -0.1) is 0 Å². The minimum Gasteiger partial charge on any atom is -0.482 e. The minimum absolute atomic E-state index is 0.124. The smallest absolute Gasteiger partial charge is 0.343 e. The number of thioether (sulfide) groups is 1. The number of aromatic carboxylic acids is 1. The quantitative estimate of drug-likeness (QED) is 0.559. The fraction of sp³-hybridized carbons (Fsp3) is 0.143. The number of carbonyl (C=O) groups excluding carboxylic acids is 2. The summed E-state index contributed by atoms with van der Waals surface area (Å²) in [6.45, 7) is -0.182. The number of esters is 1. The summed E-state index contributed by atoms with van der Waals surface area (Å²) < 4.78 is 9.81. The van der Waals surface area contributed by atoms with Gasteiger partial charge in [0.15, 0.2) is 11.8 Å². The van der Waals surface area contributed by atoms with Crippen LogP contribution in [0, 0.1) is 0 Å². The van der Waals surface area contributed by atoms with Crippen molar-refractivity contribution in [3.05, 3.63) is 64.6 Å². The molecule has 154 valence electrons. The fourth-order valence-corrected chi connectivity index (χ4v) is 3.47. The number of methoxy groups -OCH3 is 1. The van der Waals surface area contributed by atoms with Gasteiger partial charge < -0.3 is 14.6 Å². The molecule has 1 aliphatic rings.